The van der Waals surface area contributed by atoms with Gasteiger partial charge < -0.3 is 9.47 Å². The van der Waals surface area contributed by atoms with Gasteiger partial charge in [0.05, 0.1) is 28.1 Å². The molecular formula is C47H35N3. The predicted molar refractivity (Wildman–Crippen MR) is 211 cm³/mol. The standard InChI is InChI=1S/C47H35N3/c1-47(2)39-19-8-6-17-35(39)38-28-31(23-25-40(38)47)30-14-12-15-33(27-30)50-42-21-10-7-18-36(42)37-24-26-44-45(46(37)50)34-16-5-4-13-32(34)29-49(44)43-22-11-9-20-41(43)48-3/h4-28H,3,29H2,1-2H3. The van der Waals surface area contributed by atoms with Crippen LogP contribution in [-0.2, 0) is 12.0 Å². The van der Waals surface area contributed by atoms with Crippen LogP contribution in [0.2, 0.25) is 0 Å². The number of fused-ring (bicyclic) bond motifs is 10. The van der Waals surface area contributed by atoms with Crippen LogP contribution in [0.3, 0.4) is 0 Å². The number of nitrogens with zero attached hydrogens (tertiary/aromatic N) is 3. The molecule has 3 heteroatoms. The first-order valence-corrected chi connectivity index (χ1v) is 17.4. The summed E-state index contributed by atoms with van der Waals surface area (Å²) in [5.41, 5.74) is 18.4. The average Bonchev–Trinajstić information content (AvgIpc) is 3.63. The molecule has 0 saturated carbocycles. The molecule has 50 heavy (non-hydrogen) atoms. The molecule has 238 valence electrons. The molecule has 10 rings (SSSR count). The Labute approximate surface area is 292 Å². The molecule has 0 N–H and O–H groups in total. The maximum atomic E-state index is 4.42. The number of hydrogen-bond acceptors (Lipinski definition) is 2. The number of aliphatic imine (C=N–C) groups is 1. The fourth-order valence-electron chi connectivity index (χ4n) is 8.73. The van der Waals surface area contributed by atoms with Gasteiger partial charge in [0.25, 0.3) is 0 Å². The molecule has 0 radical (unpaired) electrons. The highest BCUT2D eigenvalue weighted by molar-refractivity contribution is 6.17. The highest BCUT2D eigenvalue weighted by Crippen LogP contribution is 2.52. The molecule has 3 nitrogen and oxygen atoms in total. The van der Waals surface area contributed by atoms with Crippen LogP contribution in [0.1, 0.15) is 30.5 Å². The minimum Gasteiger partial charge on any atom is -0.335 e. The summed E-state index contributed by atoms with van der Waals surface area (Å²) in [4.78, 5) is 6.83. The third-order valence-corrected chi connectivity index (χ3v) is 11.1. The Hall–Kier alpha value is -6.19. The first-order valence-electron chi connectivity index (χ1n) is 17.4. The smallest absolute Gasteiger partial charge is 0.0859 e. The highest BCUT2D eigenvalue weighted by Gasteiger charge is 2.35. The zero-order valence-corrected chi connectivity index (χ0v) is 28.2. The van der Waals surface area contributed by atoms with Crippen molar-refractivity contribution in [2.75, 3.05) is 4.90 Å². The molecule has 2 heterocycles. The molecule has 0 fully saturated rings. The van der Waals surface area contributed by atoms with Crippen molar-refractivity contribution in [1.82, 2.24) is 4.57 Å². The van der Waals surface area contributed by atoms with Gasteiger partial charge in [-0.2, -0.15) is 0 Å². The third-order valence-electron chi connectivity index (χ3n) is 11.1. The summed E-state index contributed by atoms with van der Waals surface area (Å²) in [5.74, 6) is 0. The summed E-state index contributed by atoms with van der Waals surface area (Å²) in [6, 6.07) is 55.6. The van der Waals surface area contributed by atoms with Gasteiger partial charge in [-0.3, -0.25) is 4.99 Å². The van der Waals surface area contributed by atoms with Gasteiger partial charge in [-0.15, -0.1) is 0 Å². The minimum absolute atomic E-state index is 0.0131. The first kappa shape index (κ1) is 28.8. The molecule has 0 amide bonds. The van der Waals surface area contributed by atoms with Gasteiger partial charge in [0.1, 0.15) is 0 Å². The monoisotopic (exact) mass is 641 g/mol. The molecule has 0 bridgehead atoms. The summed E-state index contributed by atoms with van der Waals surface area (Å²) in [5, 5.41) is 2.49. The van der Waals surface area contributed by atoms with E-state index in [0.717, 1.165) is 23.6 Å². The van der Waals surface area contributed by atoms with Crippen LogP contribution in [0.15, 0.2) is 157 Å². The van der Waals surface area contributed by atoms with Crippen molar-refractivity contribution in [3.8, 4) is 39.1 Å². The number of para-hydroxylation sites is 3. The average molecular weight is 642 g/mol. The predicted octanol–water partition coefficient (Wildman–Crippen LogP) is 12.4. The fraction of sp³-hybridized carbons (Fsp3) is 0.0851. The zero-order valence-electron chi connectivity index (χ0n) is 28.2. The first-order chi connectivity index (χ1) is 24.5. The number of hydrogen-bond donors (Lipinski definition) is 0. The molecule has 1 aliphatic heterocycles. The second-order valence-electron chi connectivity index (χ2n) is 14.1. The number of anilines is 2. The van der Waals surface area contributed by atoms with Crippen molar-refractivity contribution < 1.29 is 0 Å². The van der Waals surface area contributed by atoms with Crippen molar-refractivity contribution in [3.63, 3.8) is 0 Å². The topological polar surface area (TPSA) is 20.5 Å². The molecule has 0 atom stereocenters. The molecule has 1 aromatic heterocycles. The maximum Gasteiger partial charge on any atom is 0.0859 e. The van der Waals surface area contributed by atoms with E-state index in [0.29, 0.717) is 0 Å². The Balaban J connectivity index is 1.23. The van der Waals surface area contributed by atoms with Crippen LogP contribution in [0.5, 0.6) is 0 Å². The quantitative estimate of drug-likeness (QED) is 0.175. The third kappa shape index (κ3) is 4.01. The van der Waals surface area contributed by atoms with Gasteiger partial charge in [0.2, 0.25) is 0 Å². The van der Waals surface area contributed by atoms with Crippen LogP contribution in [0, 0.1) is 0 Å². The van der Waals surface area contributed by atoms with Crippen LogP contribution in [0.4, 0.5) is 17.1 Å². The van der Waals surface area contributed by atoms with E-state index >= 15 is 0 Å². The Morgan fingerprint density at radius 1 is 0.580 bits per heavy atom. The molecule has 8 aromatic rings. The van der Waals surface area contributed by atoms with E-state index in [4.69, 9.17) is 0 Å². The van der Waals surface area contributed by atoms with E-state index in [2.05, 4.69) is 175 Å². The van der Waals surface area contributed by atoms with E-state index in [-0.39, 0.29) is 5.41 Å². The molecule has 1 aliphatic carbocycles. The van der Waals surface area contributed by atoms with Crippen molar-refractivity contribution in [2.24, 2.45) is 4.99 Å². The van der Waals surface area contributed by atoms with Crippen LogP contribution >= 0.6 is 0 Å². The van der Waals surface area contributed by atoms with Gasteiger partial charge in [0, 0.05) is 34.0 Å². The van der Waals surface area contributed by atoms with E-state index in [9.17, 15) is 0 Å². The van der Waals surface area contributed by atoms with E-state index in [1.54, 1.807) is 0 Å². The lowest BCUT2D eigenvalue weighted by atomic mass is 9.82. The molecule has 7 aromatic carbocycles. The Bertz CT molecular complexity index is 2690. The van der Waals surface area contributed by atoms with E-state index in [1.807, 2.05) is 12.1 Å². The lowest BCUT2D eigenvalue weighted by Gasteiger charge is -2.34. The van der Waals surface area contributed by atoms with E-state index < -0.39 is 0 Å². The fourth-order valence-corrected chi connectivity index (χ4v) is 8.73. The van der Waals surface area contributed by atoms with Crippen LogP contribution in [0.25, 0.3) is 60.9 Å². The van der Waals surface area contributed by atoms with Crippen molar-refractivity contribution in [2.45, 2.75) is 25.8 Å². The lowest BCUT2D eigenvalue weighted by Crippen LogP contribution is -2.22. The normalized spacial score (nSPS) is 13.9. The molecule has 0 spiro atoms. The van der Waals surface area contributed by atoms with Gasteiger partial charge in [-0.25, -0.2) is 0 Å². The van der Waals surface area contributed by atoms with Gasteiger partial charge >= 0.3 is 0 Å². The summed E-state index contributed by atoms with van der Waals surface area (Å²) < 4.78 is 2.48. The summed E-state index contributed by atoms with van der Waals surface area (Å²) in [6.07, 6.45) is 0. The number of benzene rings is 7. The molecule has 0 saturated heterocycles. The van der Waals surface area contributed by atoms with Crippen molar-refractivity contribution >= 4 is 45.6 Å². The second kappa shape index (κ2) is 10.7. The maximum absolute atomic E-state index is 4.42. The van der Waals surface area contributed by atoms with Gasteiger partial charge in [-0.1, -0.05) is 123 Å². The zero-order chi connectivity index (χ0) is 33.6. The number of aromatic nitrogens is 1. The Kier molecular flexibility index (Phi) is 6.13. The lowest BCUT2D eigenvalue weighted by molar-refractivity contribution is 0.660. The Morgan fingerprint density at radius 3 is 2.22 bits per heavy atom. The van der Waals surface area contributed by atoms with Crippen molar-refractivity contribution in [1.29, 1.82) is 0 Å². The van der Waals surface area contributed by atoms with Gasteiger partial charge in [0.15, 0.2) is 0 Å². The SMILES string of the molecule is C=Nc1ccccc1N1Cc2ccccc2-c2c1ccc1c3ccccc3n(-c3cccc(-c4ccc5c(c4)-c4ccccc4C5(C)C)c3)c21. The molecule has 2 aliphatic rings. The molecule has 0 unspecified atom stereocenters. The summed E-state index contributed by atoms with van der Waals surface area (Å²) in [7, 11) is 0. The van der Waals surface area contributed by atoms with Gasteiger partial charge in [-0.05, 0) is 93.7 Å². The van der Waals surface area contributed by atoms with Crippen LogP contribution < -0.4 is 4.90 Å². The van der Waals surface area contributed by atoms with Crippen LogP contribution in [-0.4, -0.2) is 11.3 Å². The number of rotatable bonds is 4. The largest absolute Gasteiger partial charge is 0.335 e. The van der Waals surface area contributed by atoms with Crippen molar-refractivity contribution in [3.05, 3.63) is 168 Å². The summed E-state index contributed by atoms with van der Waals surface area (Å²) >= 11 is 0. The summed E-state index contributed by atoms with van der Waals surface area (Å²) in [6.45, 7) is 9.35. The second-order valence-corrected chi connectivity index (χ2v) is 14.1. The van der Waals surface area contributed by atoms with E-state index in [1.165, 1.54) is 77.6 Å². The molecular weight excluding hydrogens is 607 g/mol. The Morgan fingerprint density at radius 2 is 1.32 bits per heavy atom. The minimum atomic E-state index is -0.0131. The highest BCUT2D eigenvalue weighted by atomic mass is 15.2.